The number of aryl methyl sites for hydroxylation is 1. The summed E-state index contributed by atoms with van der Waals surface area (Å²) in [6.45, 7) is 1.70. The first-order valence-corrected chi connectivity index (χ1v) is 11.5. The minimum atomic E-state index is -1.16. The van der Waals surface area contributed by atoms with Crippen molar-refractivity contribution in [3.8, 4) is 0 Å². The van der Waals surface area contributed by atoms with Gasteiger partial charge in [-0.1, -0.05) is 23.0 Å². The van der Waals surface area contributed by atoms with Crippen LogP contribution in [0.25, 0.3) is 0 Å². The number of fused-ring (bicyclic) bond motifs is 1. The zero-order valence-electron chi connectivity index (χ0n) is 15.2. The van der Waals surface area contributed by atoms with Crippen molar-refractivity contribution in [2.24, 2.45) is 0 Å². The summed E-state index contributed by atoms with van der Waals surface area (Å²) < 4.78 is 5.04. The molecule has 2 amide bonds. The molecule has 2 atom stereocenters. The summed E-state index contributed by atoms with van der Waals surface area (Å²) >= 11 is 4.14. The van der Waals surface area contributed by atoms with E-state index in [4.69, 9.17) is 4.52 Å². The van der Waals surface area contributed by atoms with Crippen LogP contribution in [-0.2, 0) is 20.8 Å². The second kappa shape index (κ2) is 8.20. The number of aromatic nitrogens is 2. The van der Waals surface area contributed by atoms with Crippen LogP contribution in [0, 0.1) is 6.92 Å². The maximum atomic E-state index is 12.6. The first kappa shape index (κ1) is 20.0. The molecule has 2 aliphatic heterocycles. The zero-order valence-corrected chi connectivity index (χ0v) is 17.6. The first-order valence-electron chi connectivity index (χ1n) is 8.59. The number of amides is 2. The highest BCUT2D eigenvalue weighted by Crippen LogP contribution is 2.41. The number of nitrogens with zero attached hydrogens (tertiary/aromatic N) is 3. The van der Waals surface area contributed by atoms with Crippen molar-refractivity contribution < 1.29 is 24.0 Å². The van der Waals surface area contributed by atoms with E-state index in [1.807, 2.05) is 17.5 Å². The van der Waals surface area contributed by atoms with E-state index in [9.17, 15) is 19.5 Å². The van der Waals surface area contributed by atoms with Crippen LogP contribution in [0.15, 0.2) is 38.5 Å². The second-order valence-corrected chi connectivity index (χ2v) is 9.43. The highest BCUT2D eigenvalue weighted by atomic mass is 32.2. The molecule has 0 saturated carbocycles. The van der Waals surface area contributed by atoms with E-state index < -0.39 is 23.3 Å². The molecule has 29 heavy (non-hydrogen) atoms. The fourth-order valence-electron chi connectivity index (χ4n) is 3.08. The fraction of sp³-hybridized carbons (Fsp3) is 0.353. The normalized spacial score (nSPS) is 21.0. The Labute approximate surface area is 177 Å². The van der Waals surface area contributed by atoms with Crippen LogP contribution in [0.4, 0.5) is 0 Å². The quantitative estimate of drug-likeness (QED) is 0.475. The predicted octanol–water partition coefficient (Wildman–Crippen LogP) is 1.51. The van der Waals surface area contributed by atoms with E-state index in [0.29, 0.717) is 28.1 Å². The third-order valence-corrected chi connectivity index (χ3v) is 7.48. The molecule has 0 aliphatic carbocycles. The molecule has 9 nitrogen and oxygen atoms in total. The van der Waals surface area contributed by atoms with E-state index in [1.54, 1.807) is 6.92 Å². The number of thioether (sulfide) groups is 2. The van der Waals surface area contributed by atoms with Gasteiger partial charge in [-0.05, 0) is 23.9 Å². The maximum absolute atomic E-state index is 12.6. The summed E-state index contributed by atoms with van der Waals surface area (Å²) in [5.41, 5.74) is 0.586. The molecule has 0 spiro atoms. The van der Waals surface area contributed by atoms with Crippen LogP contribution in [0.5, 0.6) is 0 Å². The number of β-lactam (4-membered cyclic amide) rings is 1. The van der Waals surface area contributed by atoms with Crippen molar-refractivity contribution in [1.29, 1.82) is 0 Å². The number of hydrogen-bond acceptors (Lipinski definition) is 9. The molecule has 4 rings (SSSR count). The fourth-order valence-corrected chi connectivity index (χ4v) is 6.08. The number of carboxylic acids is 1. The third-order valence-electron chi connectivity index (χ3n) is 4.36. The molecule has 0 aromatic carbocycles. The molecule has 2 aromatic rings. The molecule has 152 valence electrons. The van der Waals surface area contributed by atoms with Gasteiger partial charge in [-0.3, -0.25) is 14.5 Å². The Morgan fingerprint density at radius 1 is 1.48 bits per heavy atom. The number of nitrogens with one attached hydrogen (secondary N) is 1. The summed E-state index contributed by atoms with van der Waals surface area (Å²) in [7, 11) is 0. The molecule has 2 aromatic heterocycles. The van der Waals surface area contributed by atoms with Crippen molar-refractivity contribution in [3.63, 3.8) is 0 Å². The number of hydrogen-bond donors (Lipinski definition) is 2. The molecular formula is C17H16N4O5S3. The Bertz CT molecular complexity index is 987. The topological polar surface area (TPSA) is 126 Å². The van der Waals surface area contributed by atoms with Crippen LogP contribution in [0.2, 0.25) is 0 Å². The Balaban J connectivity index is 1.44. The third kappa shape index (κ3) is 4.05. The molecule has 12 heteroatoms. The molecule has 1 unspecified atom stereocenters. The van der Waals surface area contributed by atoms with Gasteiger partial charge in [0.15, 0.2) is 5.82 Å². The maximum Gasteiger partial charge on any atom is 0.352 e. The number of thiophene rings is 1. The number of carbonyl (C=O) groups is 3. The number of carbonyl (C=O) groups excluding carboxylic acids is 2. The van der Waals surface area contributed by atoms with Gasteiger partial charge in [0.25, 0.3) is 11.1 Å². The first-order chi connectivity index (χ1) is 13.9. The monoisotopic (exact) mass is 452 g/mol. The van der Waals surface area contributed by atoms with Gasteiger partial charge in [0.2, 0.25) is 5.91 Å². The lowest BCUT2D eigenvalue weighted by atomic mass is 10.0. The Hall–Kier alpha value is -2.31. The van der Waals surface area contributed by atoms with Gasteiger partial charge in [0, 0.05) is 16.4 Å². The highest BCUT2D eigenvalue weighted by molar-refractivity contribution is 8.01. The van der Waals surface area contributed by atoms with Gasteiger partial charge in [-0.15, -0.1) is 23.1 Å². The summed E-state index contributed by atoms with van der Waals surface area (Å²) in [4.78, 5) is 43.0. The molecule has 0 bridgehead atoms. The van der Waals surface area contributed by atoms with Crippen LogP contribution in [0.1, 0.15) is 10.7 Å². The smallest absolute Gasteiger partial charge is 0.352 e. The van der Waals surface area contributed by atoms with Gasteiger partial charge < -0.3 is 14.9 Å². The number of carboxylic acid groups (broad SMARTS) is 1. The standard InChI is InChI=1S/C17H16N4O5S3/c1-8-18-17(26-20-8)29-7-9-6-28-15-12(14(23)21(15)13(9)16(24)25)19-11(22)5-10-3-2-4-27-10/h2-4,12,15H,5-7H2,1H3,(H,19,22)(H,24,25)/t12?,15-/m0/s1. The minimum absolute atomic E-state index is 0.0220. The average Bonchev–Trinajstić information content (AvgIpc) is 3.35. The van der Waals surface area contributed by atoms with Crippen molar-refractivity contribution in [1.82, 2.24) is 20.4 Å². The molecular weight excluding hydrogens is 436 g/mol. The van der Waals surface area contributed by atoms with Crippen LogP contribution in [-0.4, -0.2) is 60.9 Å². The Morgan fingerprint density at radius 3 is 2.97 bits per heavy atom. The summed E-state index contributed by atoms with van der Waals surface area (Å²) in [6.07, 6.45) is 0.200. The van der Waals surface area contributed by atoms with Gasteiger partial charge in [0.05, 0.1) is 6.42 Å². The lowest BCUT2D eigenvalue weighted by Gasteiger charge is -2.49. The molecule has 1 fully saturated rings. The van der Waals surface area contributed by atoms with Gasteiger partial charge >= 0.3 is 5.97 Å². The Kier molecular flexibility index (Phi) is 5.65. The van der Waals surface area contributed by atoms with Gasteiger partial charge in [-0.2, -0.15) is 4.98 Å². The van der Waals surface area contributed by atoms with Crippen LogP contribution in [0.3, 0.4) is 0 Å². The minimum Gasteiger partial charge on any atom is -0.477 e. The molecule has 2 N–H and O–H groups in total. The second-order valence-electron chi connectivity index (χ2n) is 6.36. The molecule has 4 heterocycles. The van der Waals surface area contributed by atoms with Gasteiger partial charge in [-0.25, -0.2) is 4.79 Å². The zero-order chi connectivity index (χ0) is 20.5. The largest absolute Gasteiger partial charge is 0.477 e. The number of aliphatic carboxylic acids is 1. The molecule has 0 radical (unpaired) electrons. The van der Waals surface area contributed by atoms with E-state index >= 15 is 0 Å². The van der Waals surface area contributed by atoms with Crippen molar-refractivity contribution in [2.45, 2.75) is 30.0 Å². The summed E-state index contributed by atoms with van der Waals surface area (Å²) in [6, 6.07) is 3.00. The van der Waals surface area contributed by atoms with E-state index in [2.05, 4.69) is 15.5 Å². The van der Waals surface area contributed by atoms with Crippen LogP contribution >= 0.6 is 34.9 Å². The average molecular weight is 453 g/mol. The Morgan fingerprint density at radius 2 is 2.31 bits per heavy atom. The number of rotatable bonds is 7. The summed E-state index contributed by atoms with van der Waals surface area (Å²) in [5.74, 6) is -0.563. The lowest BCUT2D eigenvalue weighted by Crippen LogP contribution is -2.70. The molecule has 1 saturated heterocycles. The van der Waals surface area contributed by atoms with Crippen molar-refractivity contribution in [2.75, 3.05) is 11.5 Å². The van der Waals surface area contributed by atoms with E-state index in [1.165, 1.54) is 39.8 Å². The molecule has 2 aliphatic rings. The van der Waals surface area contributed by atoms with Crippen molar-refractivity contribution >= 4 is 52.6 Å². The highest BCUT2D eigenvalue weighted by Gasteiger charge is 2.54. The van der Waals surface area contributed by atoms with Crippen LogP contribution < -0.4 is 5.32 Å². The van der Waals surface area contributed by atoms with Crippen molar-refractivity contribution in [3.05, 3.63) is 39.5 Å². The summed E-state index contributed by atoms with van der Waals surface area (Å²) in [5, 5.41) is 17.9. The predicted molar refractivity (Wildman–Crippen MR) is 107 cm³/mol. The SMILES string of the molecule is Cc1noc(SCC2=C(C(=O)O)N3C(=O)C(NC(=O)Cc4cccs4)[C@@H]3SC2)n1. The van der Waals surface area contributed by atoms with Gasteiger partial charge in [0.1, 0.15) is 17.1 Å². The lowest BCUT2D eigenvalue weighted by molar-refractivity contribution is -0.150. The van der Waals surface area contributed by atoms with E-state index in [-0.39, 0.29) is 18.0 Å². The van der Waals surface area contributed by atoms with E-state index in [0.717, 1.165) is 4.88 Å².